The molecule has 1 saturated carbocycles. The number of amides is 1. The van der Waals surface area contributed by atoms with Gasteiger partial charge in [-0.05, 0) is 44.2 Å². The molecule has 98 valence electrons. The Kier molecular flexibility index (Phi) is 4.43. The third-order valence-electron chi connectivity index (χ3n) is 4.74. The highest BCUT2D eigenvalue weighted by atomic mass is 16.1. The lowest BCUT2D eigenvalue weighted by molar-refractivity contribution is -0.127. The van der Waals surface area contributed by atoms with Crippen molar-refractivity contribution < 1.29 is 4.79 Å². The van der Waals surface area contributed by atoms with E-state index in [9.17, 15) is 4.79 Å². The van der Waals surface area contributed by atoms with Crippen molar-refractivity contribution in [1.29, 1.82) is 0 Å². The van der Waals surface area contributed by atoms with Crippen molar-refractivity contribution in [2.75, 3.05) is 13.1 Å². The van der Waals surface area contributed by atoms with Gasteiger partial charge in [0.1, 0.15) is 0 Å². The van der Waals surface area contributed by atoms with E-state index in [1.54, 1.807) is 0 Å². The molecule has 1 aliphatic heterocycles. The average molecular weight is 238 g/mol. The molecule has 3 nitrogen and oxygen atoms in total. The van der Waals surface area contributed by atoms with Crippen LogP contribution >= 0.6 is 0 Å². The maximum atomic E-state index is 12.2. The first-order valence-corrected chi connectivity index (χ1v) is 7.19. The molecular formula is C14H26N2O. The van der Waals surface area contributed by atoms with Crippen LogP contribution in [0.4, 0.5) is 0 Å². The topological polar surface area (TPSA) is 41.1 Å². The number of carbonyl (C=O) groups excluding carboxylic acids is 1. The summed E-state index contributed by atoms with van der Waals surface area (Å²) in [4.78, 5) is 12.2. The van der Waals surface area contributed by atoms with Crippen molar-refractivity contribution in [2.45, 2.75) is 52.0 Å². The number of hydrogen-bond acceptors (Lipinski definition) is 2. The summed E-state index contributed by atoms with van der Waals surface area (Å²) in [5.41, 5.74) is 0. The first kappa shape index (κ1) is 12.9. The molecule has 1 amide bonds. The van der Waals surface area contributed by atoms with Gasteiger partial charge >= 0.3 is 0 Å². The summed E-state index contributed by atoms with van der Waals surface area (Å²) < 4.78 is 0. The molecule has 0 bridgehead atoms. The van der Waals surface area contributed by atoms with Gasteiger partial charge in [-0.1, -0.05) is 26.7 Å². The van der Waals surface area contributed by atoms with Gasteiger partial charge in [-0.3, -0.25) is 4.79 Å². The lowest BCUT2D eigenvalue weighted by Crippen LogP contribution is -2.47. The molecule has 3 heteroatoms. The second-order valence-electron chi connectivity index (χ2n) is 5.91. The van der Waals surface area contributed by atoms with Crippen molar-refractivity contribution in [3.63, 3.8) is 0 Å². The van der Waals surface area contributed by atoms with E-state index in [2.05, 4.69) is 24.5 Å². The van der Waals surface area contributed by atoms with Gasteiger partial charge in [-0.15, -0.1) is 0 Å². The minimum atomic E-state index is 0.251. The van der Waals surface area contributed by atoms with E-state index in [4.69, 9.17) is 0 Å². The van der Waals surface area contributed by atoms with Gasteiger partial charge in [0.2, 0.25) is 5.91 Å². The summed E-state index contributed by atoms with van der Waals surface area (Å²) in [5, 5.41) is 6.61. The molecule has 0 spiro atoms. The fourth-order valence-electron chi connectivity index (χ4n) is 3.17. The molecule has 1 saturated heterocycles. The second-order valence-corrected chi connectivity index (χ2v) is 5.91. The Morgan fingerprint density at radius 1 is 1.12 bits per heavy atom. The van der Waals surface area contributed by atoms with Gasteiger partial charge in [-0.2, -0.15) is 0 Å². The van der Waals surface area contributed by atoms with E-state index in [1.165, 1.54) is 19.3 Å². The zero-order valence-corrected chi connectivity index (χ0v) is 11.2. The van der Waals surface area contributed by atoms with Crippen molar-refractivity contribution >= 4 is 5.91 Å². The van der Waals surface area contributed by atoms with Crippen LogP contribution in [0, 0.1) is 17.8 Å². The summed E-state index contributed by atoms with van der Waals surface area (Å²) in [7, 11) is 0. The molecule has 0 aromatic carbocycles. The molecule has 17 heavy (non-hydrogen) atoms. The van der Waals surface area contributed by atoms with Crippen LogP contribution in [0.25, 0.3) is 0 Å². The minimum absolute atomic E-state index is 0.251. The molecule has 0 aromatic heterocycles. The van der Waals surface area contributed by atoms with E-state index in [1.807, 2.05) is 0 Å². The van der Waals surface area contributed by atoms with Crippen LogP contribution in [-0.2, 0) is 4.79 Å². The van der Waals surface area contributed by atoms with E-state index in [0.717, 1.165) is 31.8 Å². The molecule has 2 fully saturated rings. The van der Waals surface area contributed by atoms with Crippen LogP contribution < -0.4 is 10.6 Å². The molecule has 1 aliphatic carbocycles. The van der Waals surface area contributed by atoms with E-state index >= 15 is 0 Å². The molecule has 3 unspecified atom stereocenters. The number of nitrogens with one attached hydrogen (secondary N) is 2. The predicted octanol–water partition coefficient (Wildman–Crippen LogP) is 1.93. The van der Waals surface area contributed by atoms with Gasteiger partial charge in [-0.25, -0.2) is 0 Å². The molecule has 0 radical (unpaired) electrons. The quantitative estimate of drug-likeness (QED) is 0.772. The Hall–Kier alpha value is -0.570. The standard InChI is InChI=1S/C14H26N2O/c1-10-4-3-5-13(11(10)2)16-14(17)12-6-8-15-9-7-12/h10-13,15H,3-9H2,1-2H3,(H,16,17). The van der Waals surface area contributed by atoms with Gasteiger partial charge in [0, 0.05) is 12.0 Å². The fraction of sp³-hybridized carbons (Fsp3) is 0.929. The summed E-state index contributed by atoms with van der Waals surface area (Å²) in [6.07, 6.45) is 5.76. The minimum Gasteiger partial charge on any atom is -0.353 e. The Balaban J connectivity index is 1.84. The molecule has 2 aliphatic rings. The van der Waals surface area contributed by atoms with Crippen LogP contribution in [0.15, 0.2) is 0 Å². The molecular weight excluding hydrogens is 212 g/mol. The Morgan fingerprint density at radius 3 is 2.53 bits per heavy atom. The largest absolute Gasteiger partial charge is 0.353 e. The smallest absolute Gasteiger partial charge is 0.223 e. The lowest BCUT2D eigenvalue weighted by atomic mass is 9.78. The summed E-state index contributed by atoms with van der Waals surface area (Å²) in [5.74, 6) is 1.94. The highest BCUT2D eigenvalue weighted by molar-refractivity contribution is 5.79. The van der Waals surface area contributed by atoms with Crippen LogP contribution in [0.2, 0.25) is 0 Å². The van der Waals surface area contributed by atoms with E-state index in [0.29, 0.717) is 17.9 Å². The van der Waals surface area contributed by atoms with Crippen LogP contribution in [0.5, 0.6) is 0 Å². The molecule has 2 N–H and O–H groups in total. The third-order valence-corrected chi connectivity index (χ3v) is 4.74. The summed E-state index contributed by atoms with van der Waals surface area (Å²) in [6.45, 7) is 6.59. The third kappa shape index (κ3) is 3.21. The lowest BCUT2D eigenvalue weighted by Gasteiger charge is -2.35. The van der Waals surface area contributed by atoms with E-state index in [-0.39, 0.29) is 5.92 Å². The number of hydrogen-bond donors (Lipinski definition) is 2. The highest BCUT2D eigenvalue weighted by Gasteiger charge is 2.30. The summed E-state index contributed by atoms with van der Waals surface area (Å²) in [6, 6.07) is 0.418. The number of carbonyl (C=O) groups is 1. The molecule has 1 heterocycles. The monoisotopic (exact) mass is 238 g/mol. The van der Waals surface area contributed by atoms with Crippen LogP contribution in [0.3, 0.4) is 0 Å². The van der Waals surface area contributed by atoms with Crippen molar-refractivity contribution in [2.24, 2.45) is 17.8 Å². The van der Waals surface area contributed by atoms with Crippen molar-refractivity contribution in [3.05, 3.63) is 0 Å². The Bertz CT molecular complexity index is 261. The maximum absolute atomic E-state index is 12.2. The predicted molar refractivity (Wildman–Crippen MR) is 69.7 cm³/mol. The van der Waals surface area contributed by atoms with Gasteiger partial charge < -0.3 is 10.6 Å². The molecule has 3 atom stereocenters. The number of piperidine rings is 1. The van der Waals surface area contributed by atoms with Gasteiger partial charge in [0.25, 0.3) is 0 Å². The van der Waals surface area contributed by atoms with Gasteiger partial charge in [0.15, 0.2) is 0 Å². The Labute approximate surface area is 105 Å². The second kappa shape index (κ2) is 5.85. The maximum Gasteiger partial charge on any atom is 0.223 e. The molecule has 2 rings (SSSR count). The highest BCUT2D eigenvalue weighted by Crippen LogP contribution is 2.29. The zero-order chi connectivity index (χ0) is 12.3. The van der Waals surface area contributed by atoms with Gasteiger partial charge in [0.05, 0.1) is 0 Å². The SMILES string of the molecule is CC1CCCC(NC(=O)C2CCNCC2)C1C. The fourth-order valence-corrected chi connectivity index (χ4v) is 3.17. The Morgan fingerprint density at radius 2 is 1.82 bits per heavy atom. The van der Waals surface area contributed by atoms with Crippen molar-refractivity contribution in [1.82, 2.24) is 10.6 Å². The first-order chi connectivity index (χ1) is 8.18. The zero-order valence-electron chi connectivity index (χ0n) is 11.2. The van der Waals surface area contributed by atoms with Crippen LogP contribution in [-0.4, -0.2) is 25.0 Å². The number of rotatable bonds is 2. The molecule has 0 aromatic rings. The average Bonchev–Trinajstić information content (AvgIpc) is 2.36. The van der Waals surface area contributed by atoms with Crippen LogP contribution in [0.1, 0.15) is 46.0 Å². The summed E-state index contributed by atoms with van der Waals surface area (Å²) >= 11 is 0. The normalized spacial score (nSPS) is 35.5. The first-order valence-electron chi connectivity index (χ1n) is 7.19. The van der Waals surface area contributed by atoms with Crippen molar-refractivity contribution in [3.8, 4) is 0 Å². The van der Waals surface area contributed by atoms with E-state index < -0.39 is 0 Å².